The molecule has 1 amide bonds. The predicted octanol–water partition coefficient (Wildman–Crippen LogP) is 1.34. The Morgan fingerprint density at radius 2 is 2.25 bits per heavy atom. The molecule has 112 valence electrons. The molecule has 0 spiro atoms. The van der Waals surface area contributed by atoms with Gasteiger partial charge in [-0.1, -0.05) is 6.07 Å². The quantitative estimate of drug-likeness (QED) is 0.569. The number of anilines is 1. The summed E-state index contributed by atoms with van der Waals surface area (Å²) in [5.74, 6) is 2.54. The van der Waals surface area contributed by atoms with Crippen LogP contribution in [-0.2, 0) is 4.79 Å². The van der Waals surface area contributed by atoms with Gasteiger partial charge in [0.05, 0.1) is 13.7 Å². The van der Waals surface area contributed by atoms with Crippen LogP contribution >= 0.6 is 11.8 Å². The molecule has 0 aliphatic carbocycles. The summed E-state index contributed by atoms with van der Waals surface area (Å²) in [4.78, 5) is 11.7. The number of methoxy groups -OCH3 is 1. The summed E-state index contributed by atoms with van der Waals surface area (Å²) in [6.45, 7) is 1.31. The summed E-state index contributed by atoms with van der Waals surface area (Å²) in [5, 5.41) is 14.5. The second kappa shape index (κ2) is 10.5. The van der Waals surface area contributed by atoms with E-state index in [-0.39, 0.29) is 19.1 Å². The fraction of sp³-hybridized carbons (Fsp3) is 0.500. The minimum atomic E-state index is -0.0707. The van der Waals surface area contributed by atoms with Gasteiger partial charge in [-0.15, -0.1) is 0 Å². The lowest BCUT2D eigenvalue weighted by Crippen LogP contribution is -2.29. The van der Waals surface area contributed by atoms with Crippen molar-refractivity contribution in [1.29, 1.82) is 0 Å². The van der Waals surface area contributed by atoms with Crippen LogP contribution in [0.15, 0.2) is 24.3 Å². The molecule has 0 unspecified atom stereocenters. The first-order chi connectivity index (χ1) is 9.76. The van der Waals surface area contributed by atoms with Crippen LogP contribution in [0.5, 0.6) is 5.75 Å². The average Bonchev–Trinajstić information content (AvgIpc) is 2.46. The van der Waals surface area contributed by atoms with Gasteiger partial charge in [0.1, 0.15) is 5.75 Å². The number of ether oxygens (including phenoxy) is 1. The van der Waals surface area contributed by atoms with E-state index in [1.807, 2.05) is 18.2 Å². The highest BCUT2D eigenvalue weighted by molar-refractivity contribution is 7.99. The zero-order valence-electron chi connectivity index (χ0n) is 11.7. The highest BCUT2D eigenvalue weighted by atomic mass is 32.2. The predicted molar refractivity (Wildman–Crippen MR) is 83.5 cm³/mol. The molecule has 0 radical (unpaired) electrons. The molecule has 1 aromatic carbocycles. The maximum atomic E-state index is 11.7. The van der Waals surface area contributed by atoms with E-state index in [0.29, 0.717) is 0 Å². The van der Waals surface area contributed by atoms with E-state index in [9.17, 15) is 4.79 Å². The summed E-state index contributed by atoms with van der Waals surface area (Å²) in [5.41, 5.74) is 0.730. The standard InChI is InChI=1S/C14H22N2O3S/c1-19-13-5-2-4-12(10-13)16-14(18)11-15-6-9-20-8-3-7-17/h2,4-5,10,15,17H,3,6-9,11H2,1H3,(H,16,18). The molecule has 0 saturated heterocycles. The number of carbonyl (C=O) groups excluding carboxylic acids is 1. The zero-order valence-corrected chi connectivity index (χ0v) is 12.5. The number of hydrogen-bond donors (Lipinski definition) is 3. The van der Waals surface area contributed by atoms with Gasteiger partial charge in [-0.2, -0.15) is 11.8 Å². The maximum Gasteiger partial charge on any atom is 0.238 e. The van der Waals surface area contributed by atoms with Crippen molar-refractivity contribution in [2.24, 2.45) is 0 Å². The third kappa shape index (κ3) is 7.37. The van der Waals surface area contributed by atoms with Gasteiger partial charge in [0.2, 0.25) is 5.91 Å². The molecule has 3 N–H and O–H groups in total. The number of aliphatic hydroxyl groups excluding tert-OH is 1. The molecule has 1 rings (SSSR count). The second-order valence-corrected chi connectivity index (χ2v) is 5.37. The fourth-order valence-electron chi connectivity index (χ4n) is 1.52. The fourth-order valence-corrected chi connectivity index (χ4v) is 2.35. The first-order valence-electron chi connectivity index (χ1n) is 6.59. The summed E-state index contributed by atoms with van der Waals surface area (Å²) in [6.07, 6.45) is 0.820. The van der Waals surface area contributed by atoms with E-state index in [2.05, 4.69) is 10.6 Å². The molecule has 0 atom stereocenters. The Kier molecular flexibility index (Phi) is 8.86. The molecule has 0 aliphatic heterocycles. The molecule has 1 aromatic rings. The van der Waals surface area contributed by atoms with E-state index in [4.69, 9.17) is 9.84 Å². The number of nitrogens with one attached hydrogen (secondary N) is 2. The van der Waals surface area contributed by atoms with Crippen LogP contribution in [0.1, 0.15) is 6.42 Å². The topological polar surface area (TPSA) is 70.6 Å². The number of hydrogen-bond acceptors (Lipinski definition) is 5. The summed E-state index contributed by atoms with van der Waals surface area (Å²) < 4.78 is 5.09. The zero-order chi connectivity index (χ0) is 14.6. The van der Waals surface area contributed by atoms with Crippen LogP contribution in [0.3, 0.4) is 0 Å². The van der Waals surface area contributed by atoms with Crippen molar-refractivity contribution in [3.8, 4) is 5.75 Å². The molecule has 6 heteroatoms. The van der Waals surface area contributed by atoms with Gasteiger partial charge in [0.25, 0.3) is 0 Å². The Bertz CT molecular complexity index is 402. The average molecular weight is 298 g/mol. The smallest absolute Gasteiger partial charge is 0.238 e. The SMILES string of the molecule is COc1cccc(NC(=O)CNCCSCCCO)c1. The van der Waals surface area contributed by atoms with Crippen molar-refractivity contribution in [3.63, 3.8) is 0 Å². The summed E-state index contributed by atoms with van der Waals surface area (Å²) in [6, 6.07) is 7.27. The normalized spacial score (nSPS) is 10.3. The minimum absolute atomic E-state index is 0.0707. The molecule has 20 heavy (non-hydrogen) atoms. The van der Waals surface area contributed by atoms with Crippen molar-refractivity contribution < 1.29 is 14.6 Å². The number of thioether (sulfide) groups is 1. The van der Waals surface area contributed by atoms with Gasteiger partial charge < -0.3 is 20.5 Å². The van der Waals surface area contributed by atoms with Crippen LogP contribution < -0.4 is 15.4 Å². The largest absolute Gasteiger partial charge is 0.497 e. The highest BCUT2D eigenvalue weighted by Gasteiger charge is 2.02. The van der Waals surface area contributed by atoms with E-state index in [1.165, 1.54) is 0 Å². The number of benzene rings is 1. The first kappa shape index (κ1) is 16.8. The molecule has 0 bridgehead atoms. The Labute approximate surface area is 124 Å². The van der Waals surface area contributed by atoms with Gasteiger partial charge in [-0.3, -0.25) is 4.79 Å². The van der Waals surface area contributed by atoms with Crippen LogP contribution in [0, 0.1) is 0 Å². The van der Waals surface area contributed by atoms with Crippen LogP contribution in [-0.4, -0.2) is 49.3 Å². The van der Waals surface area contributed by atoms with Crippen molar-refractivity contribution in [1.82, 2.24) is 5.32 Å². The van der Waals surface area contributed by atoms with E-state index in [1.54, 1.807) is 24.9 Å². The number of rotatable bonds is 10. The highest BCUT2D eigenvalue weighted by Crippen LogP contribution is 2.16. The van der Waals surface area contributed by atoms with Gasteiger partial charge in [0, 0.05) is 30.7 Å². The minimum Gasteiger partial charge on any atom is -0.497 e. The third-order valence-corrected chi connectivity index (χ3v) is 3.58. The van der Waals surface area contributed by atoms with Crippen molar-refractivity contribution in [3.05, 3.63) is 24.3 Å². The monoisotopic (exact) mass is 298 g/mol. The third-order valence-electron chi connectivity index (χ3n) is 2.51. The molecular formula is C14H22N2O3S. The molecule has 5 nitrogen and oxygen atoms in total. The van der Waals surface area contributed by atoms with E-state index in [0.717, 1.165) is 35.9 Å². The Morgan fingerprint density at radius 3 is 3.00 bits per heavy atom. The molecule has 0 fully saturated rings. The van der Waals surface area contributed by atoms with Gasteiger partial charge in [-0.25, -0.2) is 0 Å². The van der Waals surface area contributed by atoms with Gasteiger partial charge in [0.15, 0.2) is 0 Å². The van der Waals surface area contributed by atoms with Gasteiger partial charge in [-0.05, 0) is 24.3 Å². The maximum absolute atomic E-state index is 11.7. The Hall–Kier alpha value is -1.24. The van der Waals surface area contributed by atoms with Crippen molar-refractivity contribution in [2.45, 2.75) is 6.42 Å². The number of carbonyl (C=O) groups is 1. The van der Waals surface area contributed by atoms with Crippen LogP contribution in [0.4, 0.5) is 5.69 Å². The molecule has 0 aromatic heterocycles. The summed E-state index contributed by atoms with van der Waals surface area (Å²) in [7, 11) is 1.59. The second-order valence-electron chi connectivity index (χ2n) is 4.15. The molecule has 0 aliphatic rings. The van der Waals surface area contributed by atoms with Crippen LogP contribution in [0.2, 0.25) is 0 Å². The number of amides is 1. The van der Waals surface area contributed by atoms with Crippen molar-refractivity contribution in [2.75, 3.05) is 43.6 Å². The number of aliphatic hydroxyl groups is 1. The summed E-state index contributed by atoms with van der Waals surface area (Å²) >= 11 is 1.77. The van der Waals surface area contributed by atoms with E-state index >= 15 is 0 Å². The van der Waals surface area contributed by atoms with Gasteiger partial charge >= 0.3 is 0 Å². The molecule has 0 heterocycles. The lowest BCUT2D eigenvalue weighted by Gasteiger charge is -2.08. The molecule has 0 saturated carbocycles. The Balaban J connectivity index is 2.13. The van der Waals surface area contributed by atoms with Crippen molar-refractivity contribution >= 4 is 23.4 Å². The first-order valence-corrected chi connectivity index (χ1v) is 7.75. The molecular weight excluding hydrogens is 276 g/mol. The lowest BCUT2D eigenvalue weighted by atomic mass is 10.3. The lowest BCUT2D eigenvalue weighted by molar-refractivity contribution is -0.115. The van der Waals surface area contributed by atoms with E-state index < -0.39 is 0 Å². The Morgan fingerprint density at radius 1 is 1.40 bits per heavy atom. The van der Waals surface area contributed by atoms with Crippen LogP contribution in [0.25, 0.3) is 0 Å².